The van der Waals surface area contributed by atoms with Crippen molar-refractivity contribution in [2.75, 3.05) is 0 Å². The quantitative estimate of drug-likeness (QED) is 0.289. The van der Waals surface area contributed by atoms with Crippen molar-refractivity contribution in [3.8, 4) is 0 Å². The second-order valence-electron chi connectivity index (χ2n) is 14.7. The highest BCUT2D eigenvalue weighted by atomic mass is 16.5. The lowest BCUT2D eigenvalue weighted by atomic mass is 9.44. The van der Waals surface area contributed by atoms with Crippen LogP contribution in [0.5, 0.6) is 0 Å². The van der Waals surface area contributed by atoms with Gasteiger partial charge in [-0.1, -0.05) is 83.7 Å². The summed E-state index contributed by atoms with van der Waals surface area (Å²) in [5.41, 5.74) is 1.59. The van der Waals surface area contributed by atoms with Gasteiger partial charge in [-0.25, -0.2) is 4.79 Å². The van der Waals surface area contributed by atoms with Gasteiger partial charge in [0.05, 0.1) is 11.2 Å². The number of hydrogen-bond acceptors (Lipinski definition) is 3. The second-order valence-corrected chi connectivity index (χ2v) is 14.7. The minimum Gasteiger partial charge on any atom is -0.458 e. The van der Waals surface area contributed by atoms with Crippen LogP contribution in [-0.4, -0.2) is 22.8 Å². The van der Waals surface area contributed by atoms with E-state index in [0.717, 1.165) is 37.0 Å². The van der Waals surface area contributed by atoms with E-state index in [1.54, 1.807) is 0 Å². The van der Waals surface area contributed by atoms with Crippen LogP contribution in [-0.2, 0) is 4.74 Å². The molecule has 0 aliphatic heterocycles. The molecule has 9 atom stereocenters. The summed E-state index contributed by atoms with van der Waals surface area (Å²) in [5, 5.41) is 12.1. The molecule has 1 aromatic rings. The molecule has 38 heavy (non-hydrogen) atoms. The maximum absolute atomic E-state index is 12.8. The van der Waals surface area contributed by atoms with E-state index in [1.807, 2.05) is 30.3 Å². The third-order valence-corrected chi connectivity index (χ3v) is 11.9. The Balaban J connectivity index is 1.33. The van der Waals surface area contributed by atoms with Crippen molar-refractivity contribution in [1.29, 1.82) is 0 Å². The number of ether oxygens (including phenoxy) is 1. The molecule has 0 spiro atoms. The summed E-state index contributed by atoms with van der Waals surface area (Å²) in [6, 6.07) is 9.33. The van der Waals surface area contributed by atoms with Crippen molar-refractivity contribution < 1.29 is 14.6 Å². The highest BCUT2D eigenvalue weighted by Gasteiger charge is 2.63. The predicted molar refractivity (Wildman–Crippen MR) is 155 cm³/mol. The molecule has 3 nitrogen and oxygen atoms in total. The van der Waals surface area contributed by atoms with E-state index >= 15 is 0 Å². The van der Waals surface area contributed by atoms with E-state index in [-0.39, 0.29) is 17.5 Å². The Morgan fingerprint density at radius 3 is 2.42 bits per heavy atom. The van der Waals surface area contributed by atoms with Gasteiger partial charge in [-0.15, -0.1) is 0 Å². The molecule has 1 N–H and O–H groups in total. The third-order valence-electron chi connectivity index (χ3n) is 11.9. The average Bonchev–Trinajstić information content (AvgIpc) is 3.22. The molecule has 5 rings (SSSR count). The van der Waals surface area contributed by atoms with Gasteiger partial charge in [0.2, 0.25) is 0 Å². The van der Waals surface area contributed by atoms with Crippen molar-refractivity contribution in [2.24, 2.45) is 46.3 Å². The zero-order valence-electron chi connectivity index (χ0n) is 24.8. The summed E-state index contributed by atoms with van der Waals surface area (Å²) >= 11 is 0. The van der Waals surface area contributed by atoms with E-state index < -0.39 is 5.60 Å². The maximum Gasteiger partial charge on any atom is 0.338 e. The number of aliphatic hydroxyl groups is 1. The molecule has 4 aliphatic rings. The minimum absolute atomic E-state index is 0.102. The molecule has 3 heteroatoms. The van der Waals surface area contributed by atoms with Crippen LogP contribution in [0.15, 0.2) is 42.0 Å². The molecule has 1 aromatic carbocycles. The van der Waals surface area contributed by atoms with Crippen LogP contribution < -0.4 is 0 Å². The van der Waals surface area contributed by atoms with Gasteiger partial charge >= 0.3 is 5.97 Å². The molecule has 0 unspecified atom stereocenters. The molecular weight excluding hydrogens is 468 g/mol. The van der Waals surface area contributed by atoms with Gasteiger partial charge in [-0.05, 0) is 104 Å². The number of rotatable bonds is 7. The molecule has 0 aromatic heterocycles. The van der Waals surface area contributed by atoms with Crippen LogP contribution in [0.2, 0.25) is 0 Å². The minimum atomic E-state index is -0.799. The van der Waals surface area contributed by atoms with Crippen molar-refractivity contribution in [3.63, 3.8) is 0 Å². The fourth-order valence-corrected chi connectivity index (χ4v) is 9.89. The van der Waals surface area contributed by atoms with Crippen molar-refractivity contribution in [1.82, 2.24) is 0 Å². The van der Waals surface area contributed by atoms with Crippen LogP contribution in [0.25, 0.3) is 0 Å². The summed E-state index contributed by atoms with van der Waals surface area (Å²) < 4.78 is 5.99. The molecule has 210 valence electrons. The monoisotopic (exact) mass is 520 g/mol. The molecule has 4 aliphatic carbocycles. The summed E-state index contributed by atoms with van der Waals surface area (Å²) in [4.78, 5) is 12.8. The lowest BCUT2D eigenvalue weighted by molar-refractivity contribution is -0.133. The van der Waals surface area contributed by atoms with Crippen LogP contribution in [0.3, 0.4) is 0 Å². The normalized spacial score (nSPS) is 41.1. The van der Waals surface area contributed by atoms with Crippen molar-refractivity contribution >= 4 is 5.97 Å². The molecule has 3 fully saturated rings. The number of hydrogen-bond donors (Lipinski definition) is 1. The van der Waals surface area contributed by atoms with Crippen LogP contribution in [0.1, 0.15) is 116 Å². The van der Waals surface area contributed by atoms with Gasteiger partial charge in [-0.2, -0.15) is 0 Å². The van der Waals surface area contributed by atoms with E-state index in [2.05, 4.69) is 47.6 Å². The molecule has 0 bridgehead atoms. The lowest BCUT2D eigenvalue weighted by Gasteiger charge is -2.62. The number of carbonyl (C=O) groups is 1. The highest BCUT2D eigenvalue weighted by Crippen LogP contribution is 2.69. The fraction of sp³-hybridized carbons (Fsp3) is 0.743. The van der Waals surface area contributed by atoms with E-state index in [1.165, 1.54) is 50.5 Å². The summed E-state index contributed by atoms with van der Waals surface area (Å²) in [6.45, 7) is 14.3. The largest absolute Gasteiger partial charge is 0.458 e. The molecular formula is C35H52O3. The first-order valence-electron chi connectivity index (χ1n) is 15.7. The van der Waals surface area contributed by atoms with Gasteiger partial charge < -0.3 is 9.84 Å². The Labute approximate surface area is 231 Å². The van der Waals surface area contributed by atoms with Gasteiger partial charge in [0.1, 0.15) is 6.10 Å². The van der Waals surface area contributed by atoms with Crippen molar-refractivity contribution in [3.05, 3.63) is 47.5 Å². The smallest absolute Gasteiger partial charge is 0.338 e. The lowest BCUT2D eigenvalue weighted by Crippen LogP contribution is -2.59. The van der Waals surface area contributed by atoms with Gasteiger partial charge in [0, 0.05) is 6.42 Å². The summed E-state index contributed by atoms with van der Waals surface area (Å²) in [7, 11) is 0. The van der Waals surface area contributed by atoms with Gasteiger partial charge in [0.15, 0.2) is 0 Å². The van der Waals surface area contributed by atoms with Crippen LogP contribution in [0, 0.1) is 46.3 Å². The van der Waals surface area contributed by atoms with E-state index in [0.29, 0.717) is 28.7 Å². The Hall–Kier alpha value is -1.61. The Bertz CT molecular complexity index is 1020. The van der Waals surface area contributed by atoms with Gasteiger partial charge in [-0.3, -0.25) is 0 Å². The topological polar surface area (TPSA) is 46.5 Å². The predicted octanol–water partition coefficient (Wildman–Crippen LogP) is 8.61. The fourth-order valence-electron chi connectivity index (χ4n) is 9.89. The van der Waals surface area contributed by atoms with Gasteiger partial charge in [0.25, 0.3) is 0 Å². The third kappa shape index (κ3) is 4.91. The Kier molecular flexibility index (Phi) is 7.66. The van der Waals surface area contributed by atoms with E-state index in [9.17, 15) is 9.90 Å². The standard InChI is InChI=1S/C35H52O3/c1-23(2)11-10-12-24(3)28-15-16-29-31-30(18-20-34(28,29)5)33(4)19-17-27(21-26(33)22-35(31,6)37)38-32(36)25-13-8-7-9-14-25/h7-9,13-14,22-24,27-31,37H,10-12,15-21H2,1-6H3/t24-,27+,28+,29-,30+,31-,33-,34-,35+/m1/s1. The maximum atomic E-state index is 12.8. The first-order valence-corrected chi connectivity index (χ1v) is 15.7. The molecule has 0 amide bonds. The second kappa shape index (κ2) is 10.4. The molecule has 0 radical (unpaired) electrons. The van der Waals surface area contributed by atoms with Crippen LogP contribution >= 0.6 is 0 Å². The van der Waals surface area contributed by atoms with E-state index in [4.69, 9.17) is 4.74 Å². The summed E-state index contributed by atoms with van der Waals surface area (Å²) in [5.74, 6) is 3.54. The number of fused-ring (bicyclic) bond motifs is 5. The number of benzene rings is 1. The molecule has 0 heterocycles. The first kappa shape index (κ1) is 27.9. The van der Waals surface area contributed by atoms with Crippen molar-refractivity contribution in [2.45, 2.75) is 117 Å². The zero-order valence-corrected chi connectivity index (χ0v) is 24.8. The molecule has 3 saturated carbocycles. The zero-order chi connectivity index (χ0) is 27.3. The SMILES string of the molecule is CC(C)CCC[C@@H](C)[C@@H]1CC[C@@H]2[C@@H]3[C@H](CC[C@@]21C)[C@]1(C)CC[C@H](OC(=O)c2ccccc2)CC1=C[C@]3(C)O. The van der Waals surface area contributed by atoms with Crippen LogP contribution in [0.4, 0.5) is 0 Å². The number of esters is 1. The number of carbonyl (C=O) groups excluding carboxylic acids is 1. The summed E-state index contributed by atoms with van der Waals surface area (Å²) in [6.07, 6.45) is 14.0. The first-order chi connectivity index (χ1) is 18.0. The Morgan fingerprint density at radius 2 is 1.71 bits per heavy atom. The highest BCUT2D eigenvalue weighted by molar-refractivity contribution is 5.89. The molecule has 0 saturated heterocycles. The average molecular weight is 521 g/mol. The Morgan fingerprint density at radius 1 is 0.974 bits per heavy atom.